The molecule has 0 atom stereocenters. The molecule has 0 saturated heterocycles. The number of hydrogen-bond acceptors (Lipinski definition) is 1. The number of carbonyl (C=O) groups excluding carboxylic acids is 1. The van der Waals surface area contributed by atoms with E-state index in [0.29, 0.717) is 6.04 Å². The first-order chi connectivity index (χ1) is 4.63. The predicted molar refractivity (Wildman–Crippen MR) is 39.6 cm³/mol. The van der Waals surface area contributed by atoms with Crippen LogP contribution in [-0.2, 0) is 0 Å². The zero-order valence-corrected chi connectivity index (χ0v) is 6.50. The number of nitrogens with two attached hydrogens (primary N) is 1. The molecular weight excluding hydrogens is 128 g/mol. The highest BCUT2D eigenvalue weighted by molar-refractivity contribution is 5.73. The zero-order chi connectivity index (χ0) is 7.72. The Balaban J connectivity index is 2.49. The van der Waals surface area contributed by atoms with E-state index in [9.17, 15) is 4.79 Å². The number of urea groups is 1. The maximum atomic E-state index is 10.8. The van der Waals surface area contributed by atoms with Crippen LogP contribution >= 0.6 is 0 Å². The summed E-state index contributed by atoms with van der Waals surface area (Å²) in [7, 11) is 0. The fraction of sp³-hybridized carbons (Fsp3) is 0.857. The third kappa shape index (κ3) is 1.40. The summed E-state index contributed by atoms with van der Waals surface area (Å²) in [6.45, 7) is 3.98. The molecule has 0 heterocycles. The van der Waals surface area contributed by atoms with Crippen molar-refractivity contribution < 1.29 is 4.79 Å². The van der Waals surface area contributed by atoms with E-state index in [1.807, 2.05) is 13.8 Å². The minimum absolute atomic E-state index is 0.255. The lowest BCUT2D eigenvalue weighted by atomic mass is 10.3. The summed E-state index contributed by atoms with van der Waals surface area (Å²) in [5.41, 5.74) is 5.17. The smallest absolute Gasteiger partial charge is 0.315 e. The van der Waals surface area contributed by atoms with Gasteiger partial charge in [-0.1, -0.05) is 0 Å². The highest BCUT2D eigenvalue weighted by Gasteiger charge is 2.32. The topological polar surface area (TPSA) is 46.3 Å². The standard InChI is InChI=1S/C7H14N2O/c1-5(2)9(7(8)10)6-3-4-6/h5-6H,3-4H2,1-2H3,(H2,8,10). The molecule has 1 fully saturated rings. The summed E-state index contributed by atoms with van der Waals surface area (Å²) in [5.74, 6) is 0. The lowest BCUT2D eigenvalue weighted by Gasteiger charge is -2.23. The van der Waals surface area contributed by atoms with Gasteiger partial charge in [-0.05, 0) is 26.7 Å². The van der Waals surface area contributed by atoms with E-state index >= 15 is 0 Å². The summed E-state index contributed by atoms with van der Waals surface area (Å²) >= 11 is 0. The summed E-state index contributed by atoms with van der Waals surface area (Å²) in [5, 5.41) is 0. The number of carbonyl (C=O) groups is 1. The van der Waals surface area contributed by atoms with E-state index in [2.05, 4.69) is 0 Å². The van der Waals surface area contributed by atoms with Gasteiger partial charge in [0.25, 0.3) is 0 Å². The Morgan fingerprint density at radius 1 is 1.60 bits per heavy atom. The lowest BCUT2D eigenvalue weighted by Crippen LogP contribution is -2.42. The van der Waals surface area contributed by atoms with E-state index in [1.54, 1.807) is 4.90 Å². The summed E-state index contributed by atoms with van der Waals surface area (Å²) in [6.07, 6.45) is 2.25. The van der Waals surface area contributed by atoms with Crippen molar-refractivity contribution in [2.24, 2.45) is 5.73 Å². The fourth-order valence-electron chi connectivity index (χ4n) is 1.21. The van der Waals surface area contributed by atoms with Crippen LogP contribution in [0.3, 0.4) is 0 Å². The van der Waals surface area contributed by atoms with Crippen LogP contribution in [0.1, 0.15) is 26.7 Å². The molecule has 3 heteroatoms. The van der Waals surface area contributed by atoms with Gasteiger partial charge in [-0.25, -0.2) is 4.79 Å². The first kappa shape index (κ1) is 7.38. The van der Waals surface area contributed by atoms with Crippen molar-refractivity contribution in [3.05, 3.63) is 0 Å². The second-order valence-electron chi connectivity index (χ2n) is 3.07. The molecule has 0 radical (unpaired) electrons. The predicted octanol–water partition coefficient (Wildman–Crippen LogP) is 0.938. The van der Waals surface area contributed by atoms with Crippen molar-refractivity contribution in [3.8, 4) is 0 Å². The maximum Gasteiger partial charge on any atom is 0.315 e. The number of amides is 2. The van der Waals surface area contributed by atoms with Crippen molar-refractivity contribution in [2.75, 3.05) is 0 Å². The molecule has 2 amide bonds. The summed E-state index contributed by atoms with van der Waals surface area (Å²) in [4.78, 5) is 12.5. The van der Waals surface area contributed by atoms with Crippen LogP contribution in [-0.4, -0.2) is 23.0 Å². The number of rotatable bonds is 2. The van der Waals surface area contributed by atoms with Gasteiger partial charge >= 0.3 is 6.03 Å². The van der Waals surface area contributed by atoms with Gasteiger partial charge in [-0.15, -0.1) is 0 Å². The molecule has 2 N–H and O–H groups in total. The molecule has 58 valence electrons. The molecule has 0 bridgehead atoms. The van der Waals surface area contributed by atoms with Crippen molar-refractivity contribution in [1.82, 2.24) is 4.90 Å². The zero-order valence-electron chi connectivity index (χ0n) is 6.50. The van der Waals surface area contributed by atoms with E-state index in [1.165, 1.54) is 0 Å². The van der Waals surface area contributed by atoms with Crippen LogP contribution < -0.4 is 5.73 Å². The van der Waals surface area contributed by atoms with Crippen LogP contribution in [0.5, 0.6) is 0 Å². The Hall–Kier alpha value is -0.730. The molecule has 0 unspecified atom stereocenters. The SMILES string of the molecule is CC(C)N(C(N)=O)C1CC1. The lowest BCUT2D eigenvalue weighted by molar-refractivity contribution is 0.189. The third-order valence-corrected chi connectivity index (χ3v) is 1.75. The van der Waals surface area contributed by atoms with E-state index < -0.39 is 0 Å². The minimum atomic E-state index is -0.280. The van der Waals surface area contributed by atoms with Crippen LogP contribution in [0.15, 0.2) is 0 Å². The van der Waals surface area contributed by atoms with Gasteiger partial charge in [0.1, 0.15) is 0 Å². The first-order valence-electron chi connectivity index (χ1n) is 3.70. The van der Waals surface area contributed by atoms with Gasteiger partial charge in [0.2, 0.25) is 0 Å². The van der Waals surface area contributed by atoms with Crippen molar-refractivity contribution in [2.45, 2.75) is 38.8 Å². The van der Waals surface area contributed by atoms with Crippen molar-refractivity contribution in [1.29, 1.82) is 0 Å². The van der Waals surface area contributed by atoms with Crippen LogP contribution in [0.4, 0.5) is 4.79 Å². The second-order valence-corrected chi connectivity index (χ2v) is 3.07. The monoisotopic (exact) mass is 142 g/mol. The summed E-state index contributed by atoms with van der Waals surface area (Å²) in [6, 6.07) is 0.417. The molecule has 0 aromatic rings. The van der Waals surface area contributed by atoms with E-state index in [4.69, 9.17) is 5.73 Å². The Morgan fingerprint density at radius 3 is 2.20 bits per heavy atom. The molecule has 1 aliphatic rings. The van der Waals surface area contributed by atoms with Gasteiger partial charge in [-0.2, -0.15) is 0 Å². The average molecular weight is 142 g/mol. The Morgan fingerprint density at radius 2 is 2.10 bits per heavy atom. The molecule has 1 rings (SSSR count). The first-order valence-corrected chi connectivity index (χ1v) is 3.70. The number of nitrogens with zero attached hydrogens (tertiary/aromatic N) is 1. The van der Waals surface area contributed by atoms with E-state index in [-0.39, 0.29) is 12.1 Å². The van der Waals surface area contributed by atoms with Gasteiger partial charge in [0.05, 0.1) is 0 Å². The molecule has 0 spiro atoms. The molecule has 1 saturated carbocycles. The third-order valence-electron chi connectivity index (χ3n) is 1.75. The van der Waals surface area contributed by atoms with Crippen molar-refractivity contribution >= 4 is 6.03 Å². The van der Waals surface area contributed by atoms with Crippen LogP contribution in [0.2, 0.25) is 0 Å². The average Bonchev–Trinajstić information content (AvgIpc) is 2.46. The second kappa shape index (κ2) is 2.48. The quantitative estimate of drug-likeness (QED) is 0.612. The normalized spacial score (nSPS) is 17.5. The Bertz CT molecular complexity index is 139. The van der Waals surface area contributed by atoms with Crippen LogP contribution in [0, 0.1) is 0 Å². The fourth-order valence-corrected chi connectivity index (χ4v) is 1.21. The van der Waals surface area contributed by atoms with Crippen LogP contribution in [0.25, 0.3) is 0 Å². The van der Waals surface area contributed by atoms with Gasteiger partial charge in [0.15, 0.2) is 0 Å². The molecule has 0 aliphatic heterocycles. The Labute approximate surface area is 61.2 Å². The minimum Gasteiger partial charge on any atom is -0.351 e. The van der Waals surface area contributed by atoms with Gasteiger partial charge in [-0.3, -0.25) is 0 Å². The van der Waals surface area contributed by atoms with Crippen molar-refractivity contribution in [3.63, 3.8) is 0 Å². The van der Waals surface area contributed by atoms with Gasteiger partial charge in [0, 0.05) is 12.1 Å². The van der Waals surface area contributed by atoms with Gasteiger partial charge < -0.3 is 10.6 Å². The summed E-state index contributed by atoms with van der Waals surface area (Å²) < 4.78 is 0. The molecule has 0 aromatic heterocycles. The molecule has 3 nitrogen and oxygen atoms in total. The molecule has 1 aliphatic carbocycles. The molecule has 0 aromatic carbocycles. The maximum absolute atomic E-state index is 10.8. The van der Waals surface area contributed by atoms with E-state index in [0.717, 1.165) is 12.8 Å². The highest BCUT2D eigenvalue weighted by Crippen LogP contribution is 2.27. The Kier molecular flexibility index (Phi) is 1.83. The number of primary amides is 1. The molecule has 10 heavy (non-hydrogen) atoms. The molecular formula is C7H14N2O. The highest BCUT2D eigenvalue weighted by atomic mass is 16.2. The number of hydrogen-bond donors (Lipinski definition) is 1. The largest absolute Gasteiger partial charge is 0.351 e.